The van der Waals surface area contributed by atoms with Crippen LogP contribution in [0.2, 0.25) is 0 Å². The molecule has 6 nitrogen and oxygen atoms in total. The zero-order valence-electron chi connectivity index (χ0n) is 13.9. The van der Waals surface area contributed by atoms with Gasteiger partial charge >= 0.3 is 7.60 Å². The van der Waals surface area contributed by atoms with Gasteiger partial charge in [0.05, 0.1) is 6.16 Å². The van der Waals surface area contributed by atoms with E-state index in [1.165, 1.54) is 0 Å². The van der Waals surface area contributed by atoms with Crippen LogP contribution in [0.25, 0.3) is 0 Å². The van der Waals surface area contributed by atoms with Crippen molar-refractivity contribution in [3.05, 3.63) is 71.3 Å². The molecule has 25 heavy (non-hydrogen) atoms. The van der Waals surface area contributed by atoms with Crippen LogP contribution in [0.1, 0.15) is 27.9 Å². The Balaban J connectivity index is 2.11. The fourth-order valence-corrected chi connectivity index (χ4v) is 3.19. The van der Waals surface area contributed by atoms with Gasteiger partial charge in [0.2, 0.25) is 0 Å². The molecule has 2 rings (SSSR count). The standard InChI is InChI=1S/C18H23N2O4P/c19-11-4-12-20(18(21)17-5-2-1-3-6-17)13-15-7-9-16(10-8-15)14-25(22,23)24/h1-3,5-10H,4,11-14,19H2,(H2,22,23,24). The van der Waals surface area contributed by atoms with Gasteiger partial charge in [-0.25, -0.2) is 0 Å². The van der Waals surface area contributed by atoms with Gasteiger partial charge in [0, 0.05) is 18.7 Å². The van der Waals surface area contributed by atoms with Crippen LogP contribution >= 0.6 is 7.60 Å². The van der Waals surface area contributed by atoms with Crippen LogP contribution in [0.4, 0.5) is 0 Å². The van der Waals surface area contributed by atoms with Crippen molar-refractivity contribution >= 4 is 13.5 Å². The second-order valence-electron chi connectivity index (χ2n) is 5.87. The number of carbonyl (C=O) groups is 1. The summed E-state index contributed by atoms with van der Waals surface area (Å²) < 4.78 is 11.1. The van der Waals surface area contributed by atoms with E-state index in [-0.39, 0.29) is 12.1 Å². The highest BCUT2D eigenvalue weighted by Crippen LogP contribution is 2.38. The van der Waals surface area contributed by atoms with Crippen LogP contribution in [0.3, 0.4) is 0 Å². The molecule has 4 N–H and O–H groups in total. The molecule has 0 unspecified atom stereocenters. The van der Waals surface area contributed by atoms with Crippen molar-refractivity contribution in [2.75, 3.05) is 13.1 Å². The fourth-order valence-electron chi connectivity index (χ4n) is 2.51. The zero-order valence-corrected chi connectivity index (χ0v) is 14.8. The summed E-state index contributed by atoms with van der Waals surface area (Å²) in [5.74, 6) is -0.0617. The van der Waals surface area contributed by atoms with E-state index >= 15 is 0 Å². The predicted octanol–water partition coefficient (Wildman–Crippen LogP) is 2.36. The van der Waals surface area contributed by atoms with Gasteiger partial charge in [0.15, 0.2) is 0 Å². The summed E-state index contributed by atoms with van der Waals surface area (Å²) in [5.41, 5.74) is 7.67. The number of nitrogens with zero attached hydrogens (tertiary/aromatic N) is 1. The van der Waals surface area contributed by atoms with Crippen molar-refractivity contribution < 1.29 is 19.1 Å². The minimum atomic E-state index is -4.08. The maximum atomic E-state index is 12.7. The molecule has 0 fully saturated rings. The lowest BCUT2D eigenvalue weighted by atomic mass is 10.1. The molecule has 0 aliphatic rings. The van der Waals surface area contributed by atoms with Crippen LogP contribution in [-0.2, 0) is 17.3 Å². The van der Waals surface area contributed by atoms with Crippen LogP contribution in [-0.4, -0.2) is 33.7 Å². The molecule has 0 atom stereocenters. The Hall–Kier alpha value is -1.98. The van der Waals surface area contributed by atoms with Gasteiger partial charge in [-0.1, -0.05) is 42.5 Å². The molecule has 134 valence electrons. The minimum absolute atomic E-state index is 0.0617. The number of rotatable bonds is 8. The predicted molar refractivity (Wildman–Crippen MR) is 97.0 cm³/mol. The Labute approximate surface area is 147 Å². The highest BCUT2D eigenvalue weighted by molar-refractivity contribution is 7.50. The zero-order chi connectivity index (χ0) is 18.3. The number of benzene rings is 2. The average Bonchev–Trinajstić information content (AvgIpc) is 2.59. The number of carbonyl (C=O) groups excluding carboxylic acids is 1. The molecule has 2 aromatic carbocycles. The Bertz CT molecular complexity index is 729. The van der Waals surface area contributed by atoms with Crippen molar-refractivity contribution in [2.45, 2.75) is 19.1 Å². The van der Waals surface area contributed by atoms with Gasteiger partial charge < -0.3 is 20.4 Å². The molecule has 0 spiro atoms. The molecule has 2 aromatic rings. The van der Waals surface area contributed by atoms with Crippen molar-refractivity contribution in [1.82, 2.24) is 4.90 Å². The van der Waals surface area contributed by atoms with Gasteiger partial charge in [-0.15, -0.1) is 0 Å². The Kier molecular flexibility index (Phi) is 6.91. The van der Waals surface area contributed by atoms with Gasteiger partial charge in [-0.2, -0.15) is 0 Å². The Morgan fingerprint density at radius 3 is 2.16 bits per heavy atom. The molecule has 0 aromatic heterocycles. The first-order valence-electron chi connectivity index (χ1n) is 8.06. The second-order valence-corrected chi connectivity index (χ2v) is 7.52. The monoisotopic (exact) mass is 362 g/mol. The molecule has 0 saturated heterocycles. The highest BCUT2D eigenvalue weighted by Gasteiger charge is 2.17. The highest BCUT2D eigenvalue weighted by atomic mass is 31.2. The summed E-state index contributed by atoms with van der Waals surface area (Å²) >= 11 is 0. The van der Waals surface area contributed by atoms with Gasteiger partial charge in [0.25, 0.3) is 5.91 Å². The first kappa shape index (κ1) is 19.3. The quantitative estimate of drug-likeness (QED) is 0.626. The van der Waals surface area contributed by atoms with E-state index in [4.69, 9.17) is 15.5 Å². The summed E-state index contributed by atoms with van der Waals surface area (Å²) in [6, 6.07) is 16.0. The van der Waals surface area contributed by atoms with E-state index in [9.17, 15) is 9.36 Å². The molecule has 0 heterocycles. The smallest absolute Gasteiger partial charge is 0.329 e. The van der Waals surface area contributed by atoms with E-state index in [0.717, 1.165) is 5.56 Å². The number of hydrogen-bond acceptors (Lipinski definition) is 3. The number of nitrogens with two attached hydrogens (primary N) is 1. The fraction of sp³-hybridized carbons (Fsp3) is 0.278. The number of amides is 1. The third-order valence-corrected chi connectivity index (χ3v) is 4.50. The molecule has 0 aliphatic heterocycles. The number of hydrogen-bond donors (Lipinski definition) is 3. The SMILES string of the molecule is NCCCN(Cc1ccc(CP(=O)(O)O)cc1)C(=O)c1ccccc1. The molecule has 0 bridgehead atoms. The van der Waals surface area contributed by atoms with Gasteiger partial charge in [-0.05, 0) is 36.2 Å². The normalized spacial score (nSPS) is 11.3. The van der Waals surface area contributed by atoms with E-state index in [1.54, 1.807) is 41.3 Å². The van der Waals surface area contributed by atoms with Crippen molar-refractivity contribution in [3.8, 4) is 0 Å². The topological polar surface area (TPSA) is 104 Å². The van der Waals surface area contributed by atoms with Crippen LogP contribution in [0.15, 0.2) is 54.6 Å². The molecular formula is C18H23N2O4P. The average molecular weight is 362 g/mol. The van der Waals surface area contributed by atoms with Crippen molar-refractivity contribution in [1.29, 1.82) is 0 Å². The summed E-state index contributed by atoms with van der Waals surface area (Å²) in [5, 5.41) is 0. The minimum Gasteiger partial charge on any atom is -0.334 e. The molecular weight excluding hydrogens is 339 g/mol. The van der Waals surface area contributed by atoms with Gasteiger partial charge in [-0.3, -0.25) is 9.36 Å². The molecule has 0 saturated carbocycles. The van der Waals surface area contributed by atoms with Crippen LogP contribution in [0, 0.1) is 0 Å². The summed E-state index contributed by atoms with van der Waals surface area (Å²) in [4.78, 5) is 32.5. The molecule has 7 heteroatoms. The first-order chi connectivity index (χ1) is 11.9. The van der Waals surface area contributed by atoms with E-state index in [0.29, 0.717) is 37.2 Å². The van der Waals surface area contributed by atoms with E-state index in [2.05, 4.69) is 0 Å². The summed E-state index contributed by atoms with van der Waals surface area (Å²) in [7, 11) is -4.08. The van der Waals surface area contributed by atoms with Crippen LogP contribution in [0.5, 0.6) is 0 Å². The van der Waals surface area contributed by atoms with Gasteiger partial charge in [0.1, 0.15) is 0 Å². The third kappa shape index (κ3) is 6.44. The first-order valence-corrected chi connectivity index (χ1v) is 9.85. The van der Waals surface area contributed by atoms with Crippen molar-refractivity contribution in [2.24, 2.45) is 5.73 Å². The van der Waals surface area contributed by atoms with Crippen LogP contribution < -0.4 is 5.73 Å². The maximum Gasteiger partial charge on any atom is 0.329 e. The lowest BCUT2D eigenvalue weighted by Gasteiger charge is -2.23. The lowest BCUT2D eigenvalue weighted by Crippen LogP contribution is -2.32. The van der Waals surface area contributed by atoms with E-state index in [1.807, 2.05) is 18.2 Å². The lowest BCUT2D eigenvalue weighted by molar-refractivity contribution is 0.0742. The Morgan fingerprint density at radius 2 is 1.60 bits per heavy atom. The summed E-state index contributed by atoms with van der Waals surface area (Å²) in [6.07, 6.45) is 0.419. The maximum absolute atomic E-state index is 12.7. The molecule has 0 radical (unpaired) electrons. The third-order valence-electron chi connectivity index (χ3n) is 3.73. The molecule has 0 aliphatic carbocycles. The largest absolute Gasteiger partial charge is 0.334 e. The summed E-state index contributed by atoms with van der Waals surface area (Å²) in [6.45, 7) is 1.47. The van der Waals surface area contributed by atoms with E-state index < -0.39 is 7.60 Å². The van der Waals surface area contributed by atoms with Crippen molar-refractivity contribution in [3.63, 3.8) is 0 Å². The molecule has 1 amide bonds. The Morgan fingerprint density at radius 1 is 1.00 bits per heavy atom. The second kappa shape index (κ2) is 8.92.